The predicted octanol–water partition coefficient (Wildman–Crippen LogP) is 2.36. The molecule has 0 radical (unpaired) electrons. The minimum Gasteiger partial charge on any atom is -0.491 e. The molecule has 1 saturated heterocycles. The molecule has 0 amide bonds. The number of aliphatic hydroxyl groups is 1. The van der Waals surface area contributed by atoms with E-state index in [2.05, 4.69) is 11.8 Å². The summed E-state index contributed by atoms with van der Waals surface area (Å²) in [5.74, 6) is 1.45. The van der Waals surface area contributed by atoms with Crippen molar-refractivity contribution in [1.82, 2.24) is 4.90 Å². The third kappa shape index (κ3) is 5.14. The van der Waals surface area contributed by atoms with Crippen LogP contribution in [-0.4, -0.2) is 48.1 Å². The molecule has 1 aliphatic rings. The molecule has 1 N–H and O–H groups in total. The van der Waals surface area contributed by atoms with Gasteiger partial charge in [-0.05, 0) is 50.9 Å². The molecule has 0 unspecified atom stereocenters. The topological polar surface area (TPSA) is 49.8 Å². The Hall–Kier alpha value is -1.39. The van der Waals surface area contributed by atoms with Crippen molar-refractivity contribution >= 4 is 5.78 Å². The lowest BCUT2D eigenvalue weighted by Crippen LogP contribution is -2.40. The van der Waals surface area contributed by atoms with E-state index in [-0.39, 0.29) is 12.4 Å². The van der Waals surface area contributed by atoms with Crippen molar-refractivity contribution < 1.29 is 14.6 Å². The molecule has 1 aliphatic heterocycles. The molecular formula is C17H25NO3. The van der Waals surface area contributed by atoms with E-state index in [0.29, 0.717) is 17.9 Å². The molecule has 1 fully saturated rings. The number of nitrogens with zero attached hydrogens (tertiary/aromatic N) is 1. The highest BCUT2D eigenvalue weighted by Crippen LogP contribution is 2.17. The molecule has 2 rings (SSSR count). The maximum Gasteiger partial charge on any atom is 0.159 e. The summed E-state index contributed by atoms with van der Waals surface area (Å²) in [6, 6.07) is 7.09. The average molecular weight is 291 g/mol. The van der Waals surface area contributed by atoms with Gasteiger partial charge in [0.05, 0.1) is 0 Å². The summed E-state index contributed by atoms with van der Waals surface area (Å²) in [5.41, 5.74) is 0.631. The van der Waals surface area contributed by atoms with E-state index in [1.807, 2.05) is 6.07 Å². The number of carbonyl (C=O) groups excluding carboxylic acids is 1. The smallest absolute Gasteiger partial charge is 0.159 e. The molecule has 4 nitrogen and oxygen atoms in total. The van der Waals surface area contributed by atoms with Gasteiger partial charge in [0.25, 0.3) is 0 Å². The number of likely N-dealkylation sites (tertiary alicyclic amines) is 1. The van der Waals surface area contributed by atoms with Crippen LogP contribution in [0.4, 0.5) is 0 Å². The molecule has 0 aliphatic carbocycles. The van der Waals surface area contributed by atoms with E-state index < -0.39 is 6.10 Å². The quantitative estimate of drug-likeness (QED) is 0.818. The molecule has 1 aromatic rings. The van der Waals surface area contributed by atoms with Gasteiger partial charge in [-0.1, -0.05) is 19.1 Å². The molecule has 0 saturated carbocycles. The zero-order chi connectivity index (χ0) is 15.2. The summed E-state index contributed by atoms with van der Waals surface area (Å²) in [4.78, 5) is 13.6. The summed E-state index contributed by atoms with van der Waals surface area (Å²) in [7, 11) is 0. The van der Waals surface area contributed by atoms with Crippen molar-refractivity contribution in [2.75, 3.05) is 26.2 Å². The van der Waals surface area contributed by atoms with Gasteiger partial charge in [0.15, 0.2) is 5.78 Å². The summed E-state index contributed by atoms with van der Waals surface area (Å²) in [5, 5.41) is 10.1. The van der Waals surface area contributed by atoms with Gasteiger partial charge in [-0.15, -0.1) is 0 Å². The number of rotatable bonds is 6. The van der Waals surface area contributed by atoms with Crippen molar-refractivity contribution in [3.05, 3.63) is 29.8 Å². The van der Waals surface area contributed by atoms with Crippen LogP contribution in [-0.2, 0) is 0 Å². The number of carbonyl (C=O) groups is 1. The Morgan fingerprint density at radius 1 is 1.43 bits per heavy atom. The summed E-state index contributed by atoms with van der Waals surface area (Å²) in [6.07, 6.45) is 1.90. The Labute approximate surface area is 126 Å². The second-order valence-corrected chi connectivity index (χ2v) is 6.03. The lowest BCUT2D eigenvalue weighted by Gasteiger charge is -2.31. The van der Waals surface area contributed by atoms with E-state index >= 15 is 0 Å². The van der Waals surface area contributed by atoms with E-state index in [0.717, 1.165) is 19.0 Å². The summed E-state index contributed by atoms with van der Waals surface area (Å²) < 4.78 is 5.59. The summed E-state index contributed by atoms with van der Waals surface area (Å²) in [6.45, 7) is 6.83. The van der Waals surface area contributed by atoms with Crippen LogP contribution in [0, 0.1) is 5.92 Å². The first-order valence-corrected chi connectivity index (χ1v) is 7.69. The van der Waals surface area contributed by atoms with E-state index in [1.54, 1.807) is 18.2 Å². The standard InChI is InChI=1S/C17H25NO3/c1-13-6-8-18(9-7-13)11-16(20)12-21-17-5-3-4-15(10-17)14(2)19/h3-5,10,13,16,20H,6-9,11-12H2,1-2H3/t16-/m1/s1. The molecule has 116 valence electrons. The Morgan fingerprint density at radius 2 is 2.14 bits per heavy atom. The molecule has 1 atom stereocenters. The van der Waals surface area contributed by atoms with Gasteiger partial charge in [0, 0.05) is 12.1 Å². The van der Waals surface area contributed by atoms with Crippen molar-refractivity contribution in [3.63, 3.8) is 0 Å². The number of Topliss-reactive ketones (excluding diaryl/α,β-unsaturated/α-hetero) is 1. The largest absolute Gasteiger partial charge is 0.491 e. The highest BCUT2D eigenvalue weighted by atomic mass is 16.5. The van der Waals surface area contributed by atoms with Crippen LogP contribution in [0.25, 0.3) is 0 Å². The number of hydrogen-bond donors (Lipinski definition) is 1. The fourth-order valence-corrected chi connectivity index (χ4v) is 2.59. The second-order valence-electron chi connectivity index (χ2n) is 6.03. The molecule has 4 heteroatoms. The van der Waals surface area contributed by atoms with Crippen LogP contribution in [0.1, 0.15) is 37.0 Å². The Bertz CT molecular complexity index is 467. The third-order valence-electron chi connectivity index (χ3n) is 4.03. The zero-order valence-electron chi connectivity index (χ0n) is 12.9. The molecule has 1 heterocycles. The van der Waals surface area contributed by atoms with E-state index in [9.17, 15) is 9.90 Å². The normalized spacial score (nSPS) is 18.4. The third-order valence-corrected chi connectivity index (χ3v) is 4.03. The monoisotopic (exact) mass is 291 g/mol. The Kier molecular flexibility index (Phi) is 5.76. The molecule has 21 heavy (non-hydrogen) atoms. The van der Waals surface area contributed by atoms with Crippen molar-refractivity contribution in [3.8, 4) is 5.75 Å². The highest BCUT2D eigenvalue weighted by Gasteiger charge is 2.18. The number of ketones is 1. The van der Waals surface area contributed by atoms with E-state index in [1.165, 1.54) is 19.8 Å². The van der Waals surface area contributed by atoms with Gasteiger partial charge in [0.2, 0.25) is 0 Å². The fraction of sp³-hybridized carbons (Fsp3) is 0.588. The van der Waals surface area contributed by atoms with Gasteiger partial charge >= 0.3 is 0 Å². The van der Waals surface area contributed by atoms with Gasteiger partial charge in [-0.2, -0.15) is 0 Å². The van der Waals surface area contributed by atoms with Crippen molar-refractivity contribution in [1.29, 1.82) is 0 Å². The van der Waals surface area contributed by atoms with Crippen LogP contribution < -0.4 is 4.74 Å². The number of β-amino-alcohol motifs (C(OH)–C–C–N with tert-alkyl or cyclic N) is 1. The molecule has 1 aromatic carbocycles. The summed E-state index contributed by atoms with van der Waals surface area (Å²) >= 11 is 0. The van der Waals surface area contributed by atoms with Crippen LogP contribution in [0.2, 0.25) is 0 Å². The fourth-order valence-electron chi connectivity index (χ4n) is 2.59. The van der Waals surface area contributed by atoms with Crippen LogP contribution in [0.15, 0.2) is 24.3 Å². The molecule has 0 aromatic heterocycles. The molecule has 0 bridgehead atoms. The van der Waals surface area contributed by atoms with Gasteiger partial charge in [-0.25, -0.2) is 0 Å². The van der Waals surface area contributed by atoms with Crippen molar-refractivity contribution in [2.24, 2.45) is 5.92 Å². The van der Waals surface area contributed by atoms with E-state index in [4.69, 9.17) is 4.74 Å². The lowest BCUT2D eigenvalue weighted by atomic mass is 9.99. The number of piperidine rings is 1. The second kappa shape index (κ2) is 7.57. The maximum absolute atomic E-state index is 11.3. The highest BCUT2D eigenvalue weighted by molar-refractivity contribution is 5.94. The zero-order valence-corrected chi connectivity index (χ0v) is 12.9. The van der Waals surface area contributed by atoms with Gasteiger partial charge in [-0.3, -0.25) is 4.79 Å². The first-order valence-electron chi connectivity index (χ1n) is 7.69. The minimum absolute atomic E-state index is 0.0171. The van der Waals surface area contributed by atoms with Gasteiger partial charge in [0.1, 0.15) is 18.5 Å². The maximum atomic E-state index is 11.3. The number of benzene rings is 1. The molecular weight excluding hydrogens is 266 g/mol. The minimum atomic E-state index is -0.501. The molecule has 0 spiro atoms. The average Bonchev–Trinajstić information content (AvgIpc) is 2.48. The SMILES string of the molecule is CC(=O)c1cccc(OC[C@H](O)CN2CCC(C)CC2)c1. The first-order chi connectivity index (χ1) is 10.0. The van der Waals surface area contributed by atoms with Gasteiger partial charge < -0.3 is 14.7 Å². The number of ether oxygens (including phenoxy) is 1. The Morgan fingerprint density at radius 3 is 2.81 bits per heavy atom. The predicted molar refractivity (Wildman–Crippen MR) is 82.8 cm³/mol. The Balaban J connectivity index is 1.77. The first kappa shape index (κ1) is 16.0. The lowest BCUT2D eigenvalue weighted by molar-refractivity contribution is 0.0563. The van der Waals surface area contributed by atoms with Crippen LogP contribution >= 0.6 is 0 Å². The van der Waals surface area contributed by atoms with Crippen LogP contribution in [0.3, 0.4) is 0 Å². The van der Waals surface area contributed by atoms with Crippen LogP contribution in [0.5, 0.6) is 5.75 Å². The number of aliphatic hydroxyl groups excluding tert-OH is 1. The van der Waals surface area contributed by atoms with Crippen molar-refractivity contribution in [2.45, 2.75) is 32.8 Å². The number of hydrogen-bond acceptors (Lipinski definition) is 4.